The fraction of sp³-hybridized carbons (Fsp3) is 0.942. The number of hydrogen-bond donors (Lipinski definition) is 3. The number of rotatable bonds is 66. The van der Waals surface area contributed by atoms with Crippen LogP contribution in [0.3, 0.4) is 0 Å². The number of unbranched alkanes of at least 4 members (excludes halogenated alkanes) is 32. The maximum atomic E-state index is 13.0. The highest BCUT2D eigenvalue weighted by Crippen LogP contribution is 2.45. The first-order valence-electron chi connectivity index (χ1n) is 35.7. The zero-order valence-corrected chi connectivity index (χ0v) is 59.1. The van der Waals surface area contributed by atoms with Gasteiger partial charge in [-0.1, -0.05) is 287 Å². The van der Waals surface area contributed by atoms with Crippen molar-refractivity contribution in [3.05, 3.63) is 0 Å². The Balaban J connectivity index is 5.26. The predicted molar refractivity (Wildman–Crippen MR) is 354 cm³/mol. The quantitative estimate of drug-likeness (QED) is 0.0222. The number of aliphatic hydroxyl groups is 1. The van der Waals surface area contributed by atoms with Crippen LogP contribution in [0.2, 0.25) is 0 Å². The topological polar surface area (TPSA) is 237 Å². The molecule has 3 unspecified atom stereocenters. The largest absolute Gasteiger partial charge is 0.472 e. The minimum Gasteiger partial charge on any atom is -0.462 e. The predicted octanol–water partition coefficient (Wildman–Crippen LogP) is 19.3. The van der Waals surface area contributed by atoms with Gasteiger partial charge < -0.3 is 33.8 Å². The molecule has 88 heavy (non-hydrogen) atoms. The van der Waals surface area contributed by atoms with Crippen LogP contribution >= 0.6 is 15.6 Å². The van der Waals surface area contributed by atoms with E-state index in [-0.39, 0.29) is 25.7 Å². The number of aliphatic hydroxyl groups excluding tert-OH is 1. The SMILES string of the molecule is CC(C)CCCCCCCCCCCCCC(=O)O[C@H](COC(=O)CCCCCCCCCCC(C)C)COP(=O)(O)OCC(O)COP(=O)(O)OC[C@@H](COC(=O)CCCCCCCCCCCC(C)C)OC(=O)CCCCCCCCCCC(C)C. The molecule has 522 valence electrons. The Kier molecular flexibility index (Phi) is 57.6. The molecule has 0 aliphatic carbocycles. The number of carbonyl (C=O) groups is 4. The first-order valence-corrected chi connectivity index (χ1v) is 38.7. The smallest absolute Gasteiger partial charge is 0.462 e. The zero-order chi connectivity index (χ0) is 65.4. The van der Waals surface area contributed by atoms with Gasteiger partial charge >= 0.3 is 39.5 Å². The van der Waals surface area contributed by atoms with Crippen molar-refractivity contribution < 1.29 is 80.2 Å². The number of phosphoric acid groups is 2. The van der Waals surface area contributed by atoms with E-state index in [9.17, 15) is 43.2 Å². The van der Waals surface area contributed by atoms with Crippen molar-refractivity contribution >= 4 is 39.5 Å². The van der Waals surface area contributed by atoms with Gasteiger partial charge in [0.25, 0.3) is 0 Å². The summed E-state index contributed by atoms with van der Waals surface area (Å²) in [5, 5.41) is 10.6. The van der Waals surface area contributed by atoms with Crippen molar-refractivity contribution in [2.75, 3.05) is 39.6 Å². The third-order valence-electron chi connectivity index (χ3n) is 15.8. The van der Waals surface area contributed by atoms with Crippen LogP contribution < -0.4 is 0 Å². The van der Waals surface area contributed by atoms with Gasteiger partial charge in [0.15, 0.2) is 12.2 Å². The highest BCUT2D eigenvalue weighted by atomic mass is 31.2. The molecule has 0 rings (SSSR count). The Hall–Kier alpha value is -1.94. The van der Waals surface area contributed by atoms with Gasteiger partial charge in [-0.05, 0) is 49.4 Å². The highest BCUT2D eigenvalue weighted by molar-refractivity contribution is 7.47. The lowest BCUT2D eigenvalue weighted by Crippen LogP contribution is -2.30. The lowest BCUT2D eigenvalue weighted by atomic mass is 10.0. The van der Waals surface area contributed by atoms with Crippen molar-refractivity contribution in [2.24, 2.45) is 23.7 Å². The molecule has 0 saturated heterocycles. The molecule has 0 aromatic rings. The molecular weight excluding hydrogens is 1160 g/mol. The normalized spacial score (nSPS) is 14.3. The molecule has 0 aromatic carbocycles. The number of esters is 4. The third kappa shape index (κ3) is 62.8. The molecule has 0 aliphatic rings. The molecule has 5 atom stereocenters. The van der Waals surface area contributed by atoms with Crippen LogP contribution in [0.15, 0.2) is 0 Å². The summed E-state index contributed by atoms with van der Waals surface area (Å²) in [6, 6.07) is 0. The van der Waals surface area contributed by atoms with Gasteiger partial charge in [0, 0.05) is 25.7 Å². The van der Waals surface area contributed by atoms with E-state index >= 15 is 0 Å². The summed E-state index contributed by atoms with van der Waals surface area (Å²) in [5.41, 5.74) is 0. The lowest BCUT2D eigenvalue weighted by Gasteiger charge is -2.21. The van der Waals surface area contributed by atoms with Crippen LogP contribution in [0, 0.1) is 23.7 Å². The van der Waals surface area contributed by atoms with Crippen molar-refractivity contribution in [3.63, 3.8) is 0 Å². The molecule has 19 heteroatoms. The van der Waals surface area contributed by atoms with E-state index in [0.717, 1.165) is 114 Å². The van der Waals surface area contributed by atoms with Crippen LogP contribution in [0.5, 0.6) is 0 Å². The van der Waals surface area contributed by atoms with E-state index in [1.54, 1.807) is 0 Å². The van der Waals surface area contributed by atoms with Gasteiger partial charge in [-0.15, -0.1) is 0 Å². The van der Waals surface area contributed by atoms with Crippen LogP contribution in [-0.4, -0.2) is 96.7 Å². The van der Waals surface area contributed by atoms with E-state index < -0.39 is 97.5 Å². The van der Waals surface area contributed by atoms with E-state index in [1.165, 1.54) is 141 Å². The van der Waals surface area contributed by atoms with Crippen LogP contribution in [0.25, 0.3) is 0 Å². The molecule has 3 N–H and O–H groups in total. The Morgan fingerprint density at radius 1 is 0.284 bits per heavy atom. The standard InChI is InChI=1S/C69H134O17P2/c1-59(2)45-37-29-21-13-10-9-11-15-27-35-43-51-68(73)85-64(56-80-67(72)50-42-34-26-19-17-23-31-39-47-61(5)6)57-83-87(75,76)81-53-63(70)54-82-88(77,78)84-58-65(86-69(74)52-44-36-28-20-18-24-32-40-48-62(7)8)55-79-66(71)49-41-33-25-16-12-14-22-30-38-46-60(3)4/h59-65,70H,9-58H2,1-8H3,(H,75,76)(H,77,78)/t63?,64-,65-/m1/s1. The van der Waals surface area contributed by atoms with Crippen LogP contribution in [0.4, 0.5) is 0 Å². The first kappa shape index (κ1) is 86.1. The first-order chi connectivity index (χ1) is 42.1. The third-order valence-corrected chi connectivity index (χ3v) is 17.7. The van der Waals surface area contributed by atoms with E-state index in [0.29, 0.717) is 25.7 Å². The Morgan fingerprint density at radius 3 is 0.705 bits per heavy atom. The molecule has 17 nitrogen and oxygen atoms in total. The van der Waals surface area contributed by atoms with Crippen molar-refractivity contribution in [1.82, 2.24) is 0 Å². The Morgan fingerprint density at radius 2 is 0.477 bits per heavy atom. The molecule has 0 heterocycles. The second-order valence-electron chi connectivity index (χ2n) is 26.8. The molecule has 0 aliphatic heterocycles. The Labute approximate surface area is 537 Å². The van der Waals surface area contributed by atoms with Crippen LogP contribution in [0.1, 0.15) is 338 Å². The summed E-state index contributed by atoms with van der Waals surface area (Å²) >= 11 is 0. The number of phosphoric ester groups is 2. The van der Waals surface area contributed by atoms with Gasteiger partial charge in [-0.3, -0.25) is 37.3 Å². The molecule has 0 amide bonds. The van der Waals surface area contributed by atoms with Gasteiger partial charge in [-0.25, -0.2) is 9.13 Å². The average Bonchev–Trinajstić information content (AvgIpc) is 3.68. The molecule has 0 bridgehead atoms. The summed E-state index contributed by atoms with van der Waals surface area (Å²) in [5.74, 6) is 0.821. The summed E-state index contributed by atoms with van der Waals surface area (Å²) in [6.07, 6.45) is 40.4. The highest BCUT2D eigenvalue weighted by Gasteiger charge is 2.30. The van der Waals surface area contributed by atoms with E-state index in [1.807, 2.05) is 0 Å². The lowest BCUT2D eigenvalue weighted by molar-refractivity contribution is -0.161. The Bertz CT molecular complexity index is 1750. The van der Waals surface area contributed by atoms with Gasteiger partial charge in [0.1, 0.15) is 19.3 Å². The van der Waals surface area contributed by atoms with Crippen molar-refractivity contribution in [2.45, 2.75) is 356 Å². The minimum absolute atomic E-state index is 0.103. The molecular formula is C69H134O17P2. The number of carbonyl (C=O) groups excluding carboxylic acids is 4. The maximum absolute atomic E-state index is 13.0. The fourth-order valence-corrected chi connectivity index (χ4v) is 11.9. The summed E-state index contributed by atoms with van der Waals surface area (Å²) in [6.45, 7) is 14.0. The zero-order valence-electron chi connectivity index (χ0n) is 57.3. The van der Waals surface area contributed by atoms with Crippen molar-refractivity contribution in [1.29, 1.82) is 0 Å². The van der Waals surface area contributed by atoms with Crippen molar-refractivity contribution in [3.8, 4) is 0 Å². The second kappa shape index (κ2) is 58.8. The molecule has 0 fully saturated rings. The molecule has 0 spiro atoms. The molecule has 0 saturated carbocycles. The molecule has 0 radical (unpaired) electrons. The average molecular weight is 1300 g/mol. The maximum Gasteiger partial charge on any atom is 0.472 e. The van der Waals surface area contributed by atoms with E-state index in [2.05, 4.69) is 55.4 Å². The fourth-order valence-electron chi connectivity index (χ4n) is 10.3. The van der Waals surface area contributed by atoms with Gasteiger partial charge in [0.05, 0.1) is 26.4 Å². The minimum atomic E-state index is -4.95. The summed E-state index contributed by atoms with van der Waals surface area (Å²) < 4.78 is 68.2. The monoisotopic (exact) mass is 1300 g/mol. The summed E-state index contributed by atoms with van der Waals surface area (Å²) in [7, 11) is -9.90. The van der Waals surface area contributed by atoms with Crippen LogP contribution in [-0.2, 0) is 65.4 Å². The number of ether oxygens (including phenoxy) is 4. The van der Waals surface area contributed by atoms with Gasteiger partial charge in [-0.2, -0.15) is 0 Å². The molecule has 0 aromatic heterocycles. The number of hydrogen-bond acceptors (Lipinski definition) is 15. The second-order valence-corrected chi connectivity index (χ2v) is 29.7. The van der Waals surface area contributed by atoms with E-state index in [4.69, 9.17) is 37.0 Å². The summed E-state index contributed by atoms with van der Waals surface area (Å²) in [4.78, 5) is 72.5. The van der Waals surface area contributed by atoms with Gasteiger partial charge in [0.2, 0.25) is 0 Å².